The van der Waals surface area contributed by atoms with Crippen molar-refractivity contribution < 1.29 is 18.0 Å². The zero-order chi connectivity index (χ0) is 18.6. The van der Waals surface area contributed by atoms with Crippen molar-refractivity contribution in [1.29, 1.82) is 0 Å². The van der Waals surface area contributed by atoms with Crippen LogP contribution in [-0.2, 0) is 10.0 Å². The number of benzene rings is 1. The summed E-state index contributed by atoms with van der Waals surface area (Å²) in [6.07, 6.45) is 0.217. The first-order valence-corrected chi connectivity index (χ1v) is 10.5. The molecule has 158 valence electrons. The SMILES string of the molecule is Cl.Cl.O=C1c2ccccc2C(=O)N1CCCS(=O)(=O)NCCN1CCNCC1. The Labute approximate surface area is 177 Å². The molecule has 1 fully saturated rings. The highest BCUT2D eigenvalue weighted by Gasteiger charge is 2.34. The minimum absolute atomic E-state index is 0. The molecule has 0 aliphatic carbocycles. The van der Waals surface area contributed by atoms with Crippen LogP contribution in [-0.4, -0.2) is 81.6 Å². The van der Waals surface area contributed by atoms with Gasteiger partial charge in [-0.05, 0) is 18.6 Å². The number of carbonyl (C=O) groups is 2. The van der Waals surface area contributed by atoms with Crippen molar-refractivity contribution in [2.24, 2.45) is 0 Å². The summed E-state index contributed by atoms with van der Waals surface area (Å²) in [4.78, 5) is 27.8. The first-order valence-electron chi connectivity index (χ1n) is 8.83. The lowest BCUT2D eigenvalue weighted by molar-refractivity contribution is 0.0654. The molecule has 8 nitrogen and oxygen atoms in total. The van der Waals surface area contributed by atoms with Gasteiger partial charge in [0.2, 0.25) is 10.0 Å². The molecular formula is C17H26Cl2N4O4S. The van der Waals surface area contributed by atoms with Crippen LogP contribution in [0.4, 0.5) is 0 Å². The number of hydrogen-bond donors (Lipinski definition) is 2. The fraction of sp³-hybridized carbons (Fsp3) is 0.529. The van der Waals surface area contributed by atoms with Crippen molar-refractivity contribution in [1.82, 2.24) is 19.8 Å². The summed E-state index contributed by atoms with van der Waals surface area (Å²) in [5.41, 5.74) is 0.768. The highest BCUT2D eigenvalue weighted by molar-refractivity contribution is 7.89. The van der Waals surface area contributed by atoms with E-state index >= 15 is 0 Å². The van der Waals surface area contributed by atoms with E-state index < -0.39 is 10.0 Å². The van der Waals surface area contributed by atoms with E-state index in [9.17, 15) is 18.0 Å². The summed E-state index contributed by atoms with van der Waals surface area (Å²) >= 11 is 0. The van der Waals surface area contributed by atoms with Gasteiger partial charge in [-0.25, -0.2) is 13.1 Å². The van der Waals surface area contributed by atoms with Crippen LogP contribution in [0.1, 0.15) is 27.1 Å². The van der Waals surface area contributed by atoms with Gasteiger partial charge >= 0.3 is 0 Å². The van der Waals surface area contributed by atoms with Crippen LogP contribution in [0.2, 0.25) is 0 Å². The lowest BCUT2D eigenvalue weighted by Gasteiger charge is -2.27. The first kappa shape index (κ1) is 24.8. The second-order valence-corrected chi connectivity index (χ2v) is 8.39. The molecule has 0 radical (unpaired) electrons. The van der Waals surface area contributed by atoms with Crippen molar-refractivity contribution in [3.8, 4) is 0 Å². The topological polar surface area (TPSA) is 98.8 Å². The van der Waals surface area contributed by atoms with Crippen LogP contribution in [0.5, 0.6) is 0 Å². The molecule has 0 atom stereocenters. The van der Waals surface area contributed by atoms with Crippen LogP contribution in [0.25, 0.3) is 0 Å². The number of halogens is 2. The zero-order valence-electron chi connectivity index (χ0n) is 15.4. The van der Waals surface area contributed by atoms with Crippen LogP contribution < -0.4 is 10.0 Å². The minimum atomic E-state index is -3.42. The minimum Gasteiger partial charge on any atom is -0.314 e. The van der Waals surface area contributed by atoms with Crippen LogP contribution in [0, 0.1) is 0 Å². The Bertz CT molecular complexity index is 750. The summed E-state index contributed by atoms with van der Waals surface area (Å²) in [6, 6.07) is 6.65. The van der Waals surface area contributed by atoms with Crippen LogP contribution in [0.3, 0.4) is 0 Å². The second kappa shape index (κ2) is 11.1. The maximum absolute atomic E-state index is 12.2. The summed E-state index contributed by atoms with van der Waals surface area (Å²) in [7, 11) is -3.42. The number of piperazine rings is 1. The summed E-state index contributed by atoms with van der Waals surface area (Å²) in [5, 5.41) is 3.25. The Kier molecular flexibility index (Phi) is 9.82. The molecule has 2 aliphatic rings. The number of sulfonamides is 1. The lowest BCUT2D eigenvalue weighted by Crippen LogP contribution is -2.46. The predicted molar refractivity (Wildman–Crippen MR) is 112 cm³/mol. The van der Waals surface area contributed by atoms with E-state index in [0.29, 0.717) is 24.2 Å². The molecule has 2 N–H and O–H groups in total. The van der Waals surface area contributed by atoms with Gasteiger partial charge in [0, 0.05) is 45.8 Å². The molecule has 2 aliphatic heterocycles. The Morgan fingerprint density at radius 2 is 1.54 bits per heavy atom. The second-order valence-electron chi connectivity index (χ2n) is 6.47. The number of fused-ring (bicyclic) bond motifs is 1. The molecule has 0 aromatic heterocycles. The predicted octanol–water partition coefficient (Wildman–Crippen LogP) is 0.341. The average Bonchev–Trinajstić information content (AvgIpc) is 2.88. The fourth-order valence-corrected chi connectivity index (χ4v) is 4.28. The van der Waals surface area contributed by atoms with Crippen molar-refractivity contribution in [2.75, 3.05) is 51.6 Å². The van der Waals surface area contributed by atoms with Crippen LogP contribution >= 0.6 is 24.8 Å². The van der Waals surface area contributed by atoms with Gasteiger partial charge in [0.1, 0.15) is 0 Å². The normalized spacial score (nSPS) is 17.1. The van der Waals surface area contributed by atoms with E-state index in [2.05, 4.69) is 14.9 Å². The third-order valence-corrected chi connectivity index (χ3v) is 6.10. The Hall–Kier alpha value is -1.23. The number of amides is 2. The molecule has 28 heavy (non-hydrogen) atoms. The highest BCUT2D eigenvalue weighted by Crippen LogP contribution is 2.22. The van der Waals surface area contributed by atoms with Gasteiger partial charge in [-0.2, -0.15) is 0 Å². The first-order chi connectivity index (χ1) is 12.5. The summed E-state index contributed by atoms with van der Waals surface area (Å²) in [6.45, 7) is 4.84. The molecule has 0 spiro atoms. The van der Waals surface area contributed by atoms with Gasteiger partial charge in [0.25, 0.3) is 11.8 Å². The number of imide groups is 1. The van der Waals surface area contributed by atoms with E-state index in [0.717, 1.165) is 31.1 Å². The van der Waals surface area contributed by atoms with E-state index in [-0.39, 0.29) is 55.3 Å². The van der Waals surface area contributed by atoms with Crippen LogP contribution in [0.15, 0.2) is 24.3 Å². The van der Waals surface area contributed by atoms with Crippen molar-refractivity contribution in [3.63, 3.8) is 0 Å². The molecular weight excluding hydrogens is 427 g/mol. The van der Waals surface area contributed by atoms with Gasteiger partial charge < -0.3 is 5.32 Å². The third-order valence-electron chi connectivity index (χ3n) is 4.63. The number of nitrogens with zero attached hydrogens (tertiary/aromatic N) is 2. The van der Waals surface area contributed by atoms with Gasteiger partial charge in [0.15, 0.2) is 0 Å². The van der Waals surface area contributed by atoms with Gasteiger partial charge in [-0.15, -0.1) is 24.8 Å². The van der Waals surface area contributed by atoms with Gasteiger partial charge in [0.05, 0.1) is 16.9 Å². The molecule has 2 amide bonds. The van der Waals surface area contributed by atoms with E-state index in [1.165, 1.54) is 0 Å². The lowest BCUT2D eigenvalue weighted by atomic mass is 10.1. The smallest absolute Gasteiger partial charge is 0.261 e. The average molecular weight is 453 g/mol. The van der Waals surface area contributed by atoms with Crippen molar-refractivity contribution >= 4 is 46.7 Å². The Morgan fingerprint density at radius 3 is 2.11 bits per heavy atom. The third kappa shape index (κ3) is 6.13. The Morgan fingerprint density at radius 1 is 0.964 bits per heavy atom. The molecule has 1 aromatic rings. The molecule has 0 saturated carbocycles. The molecule has 1 saturated heterocycles. The quantitative estimate of drug-likeness (QED) is 0.551. The molecule has 1 aromatic carbocycles. The summed E-state index contributed by atoms with van der Waals surface area (Å²) in [5.74, 6) is -0.813. The zero-order valence-corrected chi connectivity index (χ0v) is 17.9. The maximum Gasteiger partial charge on any atom is 0.261 e. The van der Waals surface area contributed by atoms with E-state index in [4.69, 9.17) is 0 Å². The summed E-state index contributed by atoms with van der Waals surface area (Å²) < 4.78 is 26.8. The van der Waals surface area contributed by atoms with E-state index in [1.54, 1.807) is 24.3 Å². The largest absolute Gasteiger partial charge is 0.314 e. The fourth-order valence-electron chi connectivity index (χ4n) is 3.22. The monoisotopic (exact) mass is 452 g/mol. The molecule has 0 bridgehead atoms. The molecule has 0 unspecified atom stereocenters. The van der Waals surface area contributed by atoms with Crippen molar-refractivity contribution in [3.05, 3.63) is 35.4 Å². The maximum atomic E-state index is 12.2. The van der Waals surface area contributed by atoms with Gasteiger partial charge in [-0.1, -0.05) is 12.1 Å². The number of rotatable bonds is 8. The van der Waals surface area contributed by atoms with Crippen molar-refractivity contribution in [2.45, 2.75) is 6.42 Å². The van der Waals surface area contributed by atoms with E-state index in [1.807, 2.05) is 0 Å². The number of hydrogen-bond acceptors (Lipinski definition) is 6. The Balaban J connectivity index is 0.00000196. The molecule has 11 heteroatoms. The standard InChI is InChI=1S/C17H24N4O4S.2ClH/c22-16-14-4-1-2-5-15(14)17(23)21(16)9-3-13-26(24,25)19-8-12-20-10-6-18-7-11-20;;/h1-2,4-5,18-19H,3,6-13H2;2*1H. The number of carbonyl (C=O) groups excluding carboxylic acids is 2. The molecule has 2 heterocycles. The molecule has 3 rings (SSSR count). The number of nitrogens with one attached hydrogen (secondary N) is 2. The highest BCUT2D eigenvalue weighted by atomic mass is 35.5. The van der Waals surface area contributed by atoms with Gasteiger partial charge in [-0.3, -0.25) is 19.4 Å².